The van der Waals surface area contributed by atoms with Gasteiger partial charge in [0.25, 0.3) is 11.6 Å². The van der Waals surface area contributed by atoms with Gasteiger partial charge in [-0.15, -0.1) is 0 Å². The summed E-state index contributed by atoms with van der Waals surface area (Å²) in [5.74, 6) is -7.05. The molecule has 10 heteroatoms. The first kappa shape index (κ1) is 19.8. The second-order valence-electron chi connectivity index (χ2n) is 4.76. The van der Waals surface area contributed by atoms with Gasteiger partial charge in [0.05, 0.1) is 26.4 Å². The zero-order chi connectivity index (χ0) is 18.8. The fourth-order valence-electron chi connectivity index (χ4n) is 3.53. The number of methoxy groups -OCH3 is 6. The number of hydrogen-bond acceptors (Lipinski definition) is 10. The van der Waals surface area contributed by atoms with E-state index in [0.29, 0.717) is 0 Å². The van der Waals surface area contributed by atoms with Gasteiger partial charge < -0.3 is 28.4 Å². The van der Waals surface area contributed by atoms with E-state index in [9.17, 15) is 20.1 Å². The molecule has 132 valence electrons. The summed E-state index contributed by atoms with van der Waals surface area (Å²) < 4.78 is 30.3. The van der Waals surface area contributed by atoms with Crippen LogP contribution in [0, 0.1) is 33.5 Å². The van der Waals surface area contributed by atoms with Gasteiger partial charge in [-0.1, -0.05) is 0 Å². The smallest absolute Gasteiger partial charge is 0.334 e. The molecule has 1 aliphatic rings. The van der Waals surface area contributed by atoms with Crippen molar-refractivity contribution in [2.45, 2.75) is 11.6 Å². The van der Waals surface area contributed by atoms with Crippen molar-refractivity contribution in [2.24, 2.45) is 10.8 Å². The van der Waals surface area contributed by atoms with Crippen LogP contribution in [0.25, 0.3) is 0 Å². The Balaban J connectivity index is 4.07. The zero-order valence-electron chi connectivity index (χ0n) is 14.2. The van der Waals surface area contributed by atoms with E-state index in [1.807, 2.05) is 0 Å². The highest BCUT2D eigenvalue weighted by molar-refractivity contribution is 5.99. The molecule has 0 aromatic heterocycles. The largest absolute Gasteiger partial charge is 0.468 e. The first-order chi connectivity index (χ1) is 11.3. The summed E-state index contributed by atoms with van der Waals surface area (Å²) in [5, 5.41) is 19.6. The highest BCUT2D eigenvalue weighted by Crippen LogP contribution is 2.72. The molecule has 0 radical (unpaired) electrons. The van der Waals surface area contributed by atoms with E-state index >= 15 is 0 Å². The molecule has 10 nitrogen and oxygen atoms in total. The van der Waals surface area contributed by atoms with Crippen LogP contribution in [0.4, 0.5) is 0 Å². The number of ether oxygens (including phenoxy) is 6. The van der Waals surface area contributed by atoms with Gasteiger partial charge in [0.2, 0.25) is 10.8 Å². The highest BCUT2D eigenvalue weighted by Gasteiger charge is 3.00. The molecular formula is C14H18N2O8. The molecule has 0 aromatic carbocycles. The molecule has 24 heavy (non-hydrogen) atoms. The summed E-state index contributed by atoms with van der Waals surface area (Å²) >= 11 is 0. The molecule has 1 rings (SSSR count). The number of rotatable bonds is 6. The summed E-state index contributed by atoms with van der Waals surface area (Å²) in [6.07, 6.45) is 0. The predicted molar refractivity (Wildman–Crippen MR) is 73.6 cm³/mol. The number of nitrogens with zero attached hydrogens (tertiary/aromatic N) is 2. The maximum atomic E-state index is 12.5. The van der Waals surface area contributed by atoms with E-state index < -0.39 is 34.3 Å². The summed E-state index contributed by atoms with van der Waals surface area (Å²) in [6, 6.07) is 3.26. The minimum Gasteiger partial charge on any atom is -0.468 e. The van der Waals surface area contributed by atoms with Crippen LogP contribution < -0.4 is 0 Å². The first-order valence-electron chi connectivity index (χ1n) is 6.53. The summed E-state index contributed by atoms with van der Waals surface area (Å²) in [6.45, 7) is 0. The Hall–Kier alpha value is -2.24. The van der Waals surface area contributed by atoms with E-state index in [0.717, 1.165) is 42.7 Å². The molecule has 0 N–H and O–H groups in total. The van der Waals surface area contributed by atoms with Crippen molar-refractivity contribution in [2.75, 3.05) is 42.7 Å². The van der Waals surface area contributed by atoms with E-state index in [1.165, 1.54) is 0 Å². The molecule has 2 atom stereocenters. The highest BCUT2D eigenvalue weighted by atomic mass is 16.8. The lowest BCUT2D eigenvalue weighted by molar-refractivity contribution is -0.510. The van der Waals surface area contributed by atoms with E-state index in [4.69, 9.17) is 18.9 Å². The number of nitriles is 2. The molecule has 1 aliphatic carbocycles. The van der Waals surface area contributed by atoms with Crippen molar-refractivity contribution in [3.63, 3.8) is 0 Å². The summed E-state index contributed by atoms with van der Waals surface area (Å²) in [4.78, 5) is 25.0. The van der Waals surface area contributed by atoms with Crippen LogP contribution in [0.1, 0.15) is 0 Å². The van der Waals surface area contributed by atoms with Crippen LogP contribution in [0.3, 0.4) is 0 Å². The minimum absolute atomic E-state index is 0.983. The Morgan fingerprint density at radius 1 is 0.667 bits per heavy atom. The number of carbonyl (C=O) groups excluding carboxylic acids is 2. The fraction of sp³-hybridized carbons (Fsp3) is 0.714. The predicted octanol–water partition coefficient (Wildman–Crippen LogP) is -0.656. The Kier molecular flexibility index (Phi) is 5.23. The summed E-state index contributed by atoms with van der Waals surface area (Å²) in [5.41, 5.74) is -5.15. The average molecular weight is 342 g/mol. The van der Waals surface area contributed by atoms with Gasteiger partial charge in [0.15, 0.2) is 0 Å². The van der Waals surface area contributed by atoms with Crippen molar-refractivity contribution >= 4 is 11.9 Å². The van der Waals surface area contributed by atoms with Crippen molar-refractivity contribution in [3.05, 3.63) is 0 Å². The Bertz CT molecular complexity index is 559. The molecule has 0 saturated heterocycles. The lowest BCUT2D eigenvalue weighted by Crippen LogP contribution is -2.93. The second kappa shape index (κ2) is 6.34. The van der Waals surface area contributed by atoms with Gasteiger partial charge in [0.1, 0.15) is 0 Å². The van der Waals surface area contributed by atoms with Crippen molar-refractivity contribution in [1.29, 1.82) is 10.5 Å². The minimum atomic E-state index is -2.58. The van der Waals surface area contributed by atoms with E-state index in [2.05, 4.69) is 9.47 Å². The van der Waals surface area contributed by atoms with E-state index in [1.54, 1.807) is 12.1 Å². The Morgan fingerprint density at radius 3 is 1.04 bits per heavy atom. The van der Waals surface area contributed by atoms with Crippen LogP contribution in [0.15, 0.2) is 0 Å². The normalized spacial score (nSPS) is 29.5. The number of hydrogen-bond donors (Lipinski definition) is 0. The van der Waals surface area contributed by atoms with Gasteiger partial charge >= 0.3 is 11.9 Å². The SMILES string of the molecule is COC(=O)[C@]1(C#N)C(OC)(OC)C(OC)(OC)[C@@]1(C#N)C(=O)OC. The van der Waals surface area contributed by atoms with Crippen LogP contribution in [-0.2, 0) is 38.0 Å². The average Bonchev–Trinajstić information content (AvgIpc) is 2.62. The molecule has 0 aliphatic heterocycles. The van der Waals surface area contributed by atoms with Gasteiger partial charge in [-0.25, -0.2) is 0 Å². The van der Waals surface area contributed by atoms with Crippen molar-refractivity contribution in [1.82, 2.24) is 0 Å². The maximum absolute atomic E-state index is 12.5. The molecular weight excluding hydrogens is 324 g/mol. The topological polar surface area (TPSA) is 137 Å². The molecule has 0 spiro atoms. The quantitative estimate of drug-likeness (QED) is 0.452. The molecule has 0 aromatic rings. The Morgan fingerprint density at radius 2 is 0.917 bits per heavy atom. The van der Waals surface area contributed by atoms with Crippen LogP contribution in [0.5, 0.6) is 0 Å². The van der Waals surface area contributed by atoms with Gasteiger partial charge in [-0.3, -0.25) is 9.59 Å². The monoisotopic (exact) mass is 342 g/mol. The first-order valence-corrected chi connectivity index (χ1v) is 6.53. The number of carbonyl (C=O) groups is 2. The standard InChI is InChI=1S/C14H18N2O8/c1-19-9(17)11(7-15)12(8-16,10(18)20-2)14(23-5,24-6)13(11,21-3)22-4/h1-6H3/t11-,12-/m0/s1. The van der Waals surface area contributed by atoms with Gasteiger partial charge in [-0.05, 0) is 0 Å². The third kappa shape index (κ3) is 1.51. The third-order valence-corrected chi connectivity index (χ3v) is 4.45. The molecule has 0 heterocycles. The molecule has 1 saturated carbocycles. The zero-order valence-corrected chi connectivity index (χ0v) is 14.2. The van der Waals surface area contributed by atoms with Crippen LogP contribution in [0.2, 0.25) is 0 Å². The molecule has 0 unspecified atom stereocenters. The van der Waals surface area contributed by atoms with Crippen molar-refractivity contribution < 1.29 is 38.0 Å². The lowest BCUT2D eigenvalue weighted by atomic mass is 9.41. The van der Waals surface area contributed by atoms with Crippen molar-refractivity contribution in [3.8, 4) is 12.1 Å². The molecule has 0 bridgehead atoms. The fourth-order valence-corrected chi connectivity index (χ4v) is 3.53. The second-order valence-corrected chi connectivity index (χ2v) is 4.76. The van der Waals surface area contributed by atoms with E-state index in [-0.39, 0.29) is 0 Å². The maximum Gasteiger partial charge on any atom is 0.334 e. The van der Waals surface area contributed by atoms with Gasteiger partial charge in [0, 0.05) is 28.4 Å². The van der Waals surface area contributed by atoms with Crippen LogP contribution in [-0.4, -0.2) is 66.2 Å². The number of esters is 2. The van der Waals surface area contributed by atoms with Gasteiger partial charge in [-0.2, -0.15) is 10.5 Å². The molecule has 1 fully saturated rings. The Labute approximate surface area is 138 Å². The molecule has 0 amide bonds. The third-order valence-electron chi connectivity index (χ3n) is 4.45. The summed E-state index contributed by atoms with van der Waals surface area (Å²) in [7, 11) is 6.37. The lowest BCUT2D eigenvalue weighted by Gasteiger charge is -2.67. The van der Waals surface area contributed by atoms with Crippen LogP contribution >= 0.6 is 0 Å².